The first-order valence-corrected chi connectivity index (χ1v) is 23.8. The van der Waals surface area contributed by atoms with Crippen LogP contribution in [0.25, 0.3) is 0 Å². The number of Topliss-reactive ketones (excluding diaryl/α,β-unsaturated/α-hetero) is 2. The lowest BCUT2D eigenvalue weighted by Gasteiger charge is -2.67. The van der Waals surface area contributed by atoms with Crippen LogP contribution in [-0.2, 0) is 61.9 Å². The van der Waals surface area contributed by atoms with Gasteiger partial charge in [0.25, 0.3) is 0 Å². The van der Waals surface area contributed by atoms with Crippen molar-refractivity contribution in [2.45, 2.75) is 161 Å². The highest BCUT2D eigenvalue weighted by molar-refractivity contribution is 5.94. The molecule has 3 aliphatic carbocycles. The molecule has 17 heteroatoms. The van der Waals surface area contributed by atoms with Gasteiger partial charge in [-0.2, -0.15) is 0 Å². The van der Waals surface area contributed by atoms with Gasteiger partial charge in [0.1, 0.15) is 47.4 Å². The van der Waals surface area contributed by atoms with Gasteiger partial charge in [0, 0.05) is 58.2 Å². The summed E-state index contributed by atoms with van der Waals surface area (Å²) in [7, 11) is 2.76. The molecule has 6 rings (SSSR count). The van der Waals surface area contributed by atoms with E-state index in [2.05, 4.69) is 5.32 Å². The van der Waals surface area contributed by atoms with E-state index in [1.165, 1.54) is 33.3 Å². The lowest BCUT2D eigenvalue weighted by atomic mass is 9.44. The number of ketones is 2. The number of ether oxygens (including phenoxy) is 8. The predicted molar refractivity (Wildman–Crippen MR) is 251 cm³/mol. The van der Waals surface area contributed by atoms with Crippen LogP contribution in [-0.4, -0.2) is 121 Å². The Morgan fingerprint density at radius 3 is 2.07 bits per heavy atom. The SMILES string of the molecule is CO[C@H]1C(=O)[C@]2(C)[C@@H](OC)C[C@H]3OC[C@@]3(OC(C)=O)[C@H]2[C@H](OC(=O)c2ccccc2)[C@]2(O)C[C@H](OC(=O)[C@H](OC(=O)CCCC(=O)C(C)C)[C@@H](NC(=O)OC(C)(C)C)c3ccccc3)C(C)=C1C2(C)C. The zero-order chi connectivity index (χ0) is 51.7. The van der Waals surface area contributed by atoms with Crippen molar-refractivity contribution >= 4 is 41.5 Å². The van der Waals surface area contributed by atoms with E-state index < -0.39 is 118 Å². The fourth-order valence-corrected chi connectivity index (χ4v) is 11.1. The number of carbonyl (C=O) groups is 7. The van der Waals surface area contributed by atoms with Gasteiger partial charge in [-0.05, 0) is 69.9 Å². The van der Waals surface area contributed by atoms with Crippen molar-refractivity contribution in [3.63, 3.8) is 0 Å². The number of amides is 1. The van der Waals surface area contributed by atoms with Crippen LogP contribution in [0.3, 0.4) is 0 Å². The van der Waals surface area contributed by atoms with Crippen LogP contribution in [0, 0.1) is 22.7 Å². The quantitative estimate of drug-likeness (QED) is 0.104. The number of nitrogens with one attached hydrogen (secondary N) is 1. The number of hydrogen-bond acceptors (Lipinski definition) is 16. The summed E-state index contributed by atoms with van der Waals surface area (Å²) in [5.74, 6) is -5.86. The van der Waals surface area contributed by atoms with Crippen LogP contribution in [0.2, 0.25) is 0 Å². The minimum Gasteiger partial charge on any atom is -0.455 e. The van der Waals surface area contributed by atoms with E-state index in [-0.39, 0.29) is 55.1 Å². The zero-order valence-corrected chi connectivity index (χ0v) is 42.3. The van der Waals surface area contributed by atoms with E-state index in [1.54, 1.807) is 111 Å². The molecule has 382 valence electrons. The Morgan fingerprint density at radius 1 is 0.900 bits per heavy atom. The first kappa shape index (κ1) is 53.9. The third kappa shape index (κ3) is 10.2. The Labute approximate surface area is 409 Å². The average Bonchev–Trinajstić information content (AvgIpc) is 3.28. The van der Waals surface area contributed by atoms with Gasteiger partial charge in [-0.15, -0.1) is 0 Å². The van der Waals surface area contributed by atoms with E-state index in [9.17, 15) is 29.1 Å². The summed E-state index contributed by atoms with van der Waals surface area (Å²) >= 11 is 0. The second-order valence-electron chi connectivity index (χ2n) is 20.9. The first-order valence-electron chi connectivity index (χ1n) is 23.8. The Kier molecular flexibility index (Phi) is 15.9. The number of esters is 4. The molecule has 0 unspecified atom stereocenters. The molecule has 17 nitrogen and oxygen atoms in total. The largest absolute Gasteiger partial charge is 0.455 e. The van der Waals surface area contributed by atoms with Gasteiger partial charge in [-0.1, -0.05) is 76.2 Å². The molecule has 0 aromatic heterocycles. The predicted octanol–water partition coefficient (Wildman–Crippen LogP) is 6.51. The van der Waals surface area contributed by atoms with Crippen LogP contribution in [0.5, 0.6) is 0 Å². The van der Waals surface area contributed by atoms with Gasteiger partial charge < -0.3 is 48.3 Å². The molecule has 11 atom stereocenters. The summed E-state index contributed by atoms with van der Waals surface area (Å²) in [6.07, 6.45) is -9.73. The zero-order valence-electron chi connectivity index (χ0n) is 42.3. The van der Waals surface area contributed by atoms with Gasteiger partial charge in [-0.25, -0.2) is 14.4 Å². The summed E-state index contributed by atoms with van der Waals surface area (Å²) in [5.41, 5.74) is -7.21. The number of rotatable bonds is 16. The van der Waals surface area contributed by atoms with Crippen LogP contribution < -0.4 is 5.32 Å². The van der Waals surface area contributed by atoms with Crippen LogP contribution in [0.15, 0.2) is 71.8 Å². The van der Waals surface area contributed by atoms with Gasteiger partial charge >= 0.3 is 30.0 Å². The molecule has 1 saturated heterocycles. The lowest BCUT2D eigenvalue weighted by molar-refractivity contribution is -0.347. The van der Waals surface area contributed by atoms with Crippen LogP contribution >= 0.6 is 0 Å². The minimum absolute atomic E-state index is 0.0672. The molecule has 0 spiro atoms. The van der Waals surface area contributed by atoms with E-state index in [1.807, 2.05) is 0 Å². The van der Waals surface area contributed by atoms with E-state index in [0.29, 0.717) is 11.1 Å². The number of methoxy groups -OCH3 is 2. The molecule has 1 heterocycles. The first-order chi connectivity index (χ1) is 32.8. The number of benzene rings is 2. The van der Waals surface area contributed by atoms with Gasteiger partial charge in [0.15, 0.2) is 11.4 Å². The highest BCUT2D eigenvalue weighted by Crippen LogP contribution is 2.65. The van der Waals surface area contributed by atoms with Gasteiger partial charge in [-0.3, -0.25) is 19.2 Å². The maximum absolute atomic E-state index is 15.8. The Balaban J connectivity index is 1.53. The number of carbonyl (C=O) groups excluding carboxylic acids is 7. The number of aliphatic hydroxyl groups is 1. The maximum atomic E-state index is 15.8. The molecule has 70 heavy (non-hydrogen) atoms. The Hall–Kier alpha value is -5.49. The van der Waals surface area contributed by atoms with Crippen molar-refractivity contribution in [2.75, 3.05) is 20.8 Å². The maximum Gasteiger partial charge on any atom is 0.408 e. The third-order valence-electron chi connectivity index (χ3n) is 14.7. The van der Waals surface area contributed by atoms with E-state index in [4.69, 9.17) is 37.9 Å². The van der Waals surface area contributed by atoms with Crippen LogP contribution in [0.4, 0.5) is 4.79 Å². The molecule has 1 amide bonds. The number of hydrogen-bond donors (Lipinski definition) is 2. The van der Waals surface area contributed by atoms with Crippen molar-refractivity contribution in [3.8, 4) is 0 Å². The number of fused-ring (bicyclic) bond motifs is 5. The topological polar surface area (TPSA) is 226 Å². The van der Waals surface area contributed by atoms with Crippen molar-refractivity contribution in [1.82, 2.24) is 5.32 Å². The second kappa shape index (κ2) is 20.7. The van der Waals surface area contributed by atoms with Crippen molar-refractivity contribution in [1.29, 1.82) is 0 Å². The van der Waals surface area contributed by atoms with E-state index in [0.717, 1.165) is 0 Å². The van der Waals surface area contributed by atoms with Crippen LogP contribution in [0.1, 0.15) is 123 Å². The number of alkyl carbamates (subject to hydrolysis) is 1. The molecule has 4 aliphatic rings. The Bertz CT molecular complexity index is 2340. The Morgan fingerprint density at radius 2 is 1.53 bits per heavy atom. The molecule has 3 fully saturated rings. The van der Waals surface area contributed by atoms with Crippen molar-refractivity contribution in [3.05, 3.63) is 82.9 Å². The summed E-state index contributed by atoms with van der Waals surface area (Å²) < 4.78 is 49.1. The van der Waals surface area contributed by atoms with Crippen molar-refractivity contribution < 1.29 is 76.6 Å². The highest BCUT2D eigenvalue weighted by Gasteiger charge is 2.78. The summed E-state index contributed by atoms with van der Waals surface area (Å²) in [4.78, 5) is 98.4. The molecule has 2 aromatic rings. The monoisotopic (exact) mass is 975 g/mol. The molecule has 0 radical (unpaired) electrons. The molecule has 2 bridgehead atoms. The van der Waals surface area contributed by atoms with Gasteiger partial charge in [0.05, 0.1) is 29.6 Å². The van der Waals surface area contributed by atoms with Crippen molar-refractivity contribution in [2.24, 2.45) is 22.7 Å². The smallest absolute Gasteiger partial charge is 0.408 e. The normalized spacial score (nSPS) is 29.9. The molecular weight excluding hydrogens is 907 g/mol. The highest BCUT2D eigenvalue weighted by atomic mass is 16.6. The summed E-state index contributed by atoms with van der Waals surface area (Å²) in [5, 5.41) is 16.7. The summed E-state index contributed by atoms with van der Waals surface area (Å²) in [6.45, 7) is 16.1. The molecule has 2 N–H and O–H groups in total. The molecule has 1 aliphatic heterocycles. The molecular formula is C53H69NO16. The average molecular weight is 976 g/mol. The summed E-state index contributed by atoms with van der Waals surface area (Å²) in [6, 6.07) is 14.9. The standard InChI is InChI=1S/C53H69NO16/c1-29(2)34(56)24-19-25-38(57)67-42(40(32-20-15-13-16-21-32)54-48(61)70-49(5,6)7)47(60)66-35-27-53(62)45(68-46(59)33-22-17-14-18-23-33)43-51(10,44(58)41(64-12)39(30(35)3)50(53,8)9)36(63-11)26-37-52(43,28-65-37)69-31(4)55/h13-18,20-23,29,35-37,40-43,45,62H,19,24-28H2,1-12H3,(H,54,61)/t35-,36-,37+,40-,41+,42+,43-,45-,51+,52-,53+/m0/s1. The second-order valence-corrected chi connectivity index (χ2v) is 20.9. The third-order valence-corrected chi connectivity index (χ3v) is 14.7. The minimum atomic E-state index is -2.30. The van der Waals surface area contributed by atoms with Gasteiger partial charge in [0.2, 0.25) is 6.10 Å². The van der Waals surface area contributed by atoms with E-state index >= 15 is 9.59 Å². The molecule has 2 saturated carbocycles. The fraction of sp³-hybridized carbons (Fsp3) is 0.604. The lowest BCUT2D eigenvalue weighted by Crippen LogP contribution is -2.82. The fourth-order valence-electron chi connectivity index (χ4n) is 11.1. The molecule has 2 aromatic carbocycles.